The first-order valence-corrected chi connectivity index (χ1v) is 5.52. The van der Waals surface area contributed by atoms with Crippen LogP contribution >= 0.6 is 12.2 Å². The van der Waals surface area contributed by atoms with Crippen LogP contribution in [0.1, 0.15) is 6.92 Å². The van der Waals surface area contributed by atoms with Crippen molar-refractivity contribution in [2.24, 2.45) is 0 Å². The Morgan fingerprint density at radius 1 is 1.11 bits per heavy atom. The number of carbonyl (C=O) groups excluding carboxylic acids is 1. The fraction of sp³-hybridized carbons (Fsp3) is 0.273. The van der Waals surface area contributed by atoms with Crippen molar-refractivity contribution in [2.45, 2.75) is 6.92 Å². The molecule has 0 aliphatic heterocycles. The van der Waals surface area contributed by atoms with Gasteiger partial charge >= 0.3 is 0 Å². The third-order valence-electron chi connectivity index (χ3n) is 1.96. The molecule has 0 unspecified atom stereocenters. The molecule has 0 saturated heterocycles. The molecular formula is C11H15N3O3S. The summed E-state index contributed by atoms with van der Waals surface area (Å²) in [6.07, 6.45) is 0. The average molecular weight is 269 g/mol. The predicted octanol–water partition coefficient (Wildman–Crippen LogP) is 1.04. The molecule has 0 aromatic heterocycles. The van der Waals surface area contributed by atoms with Gasteiger partial charge in [-0.25, -0.2) is 0 Å². The van der Waals surface area contributed by atoms with E-state index in [2.05, 4.69) is 16.2 Å². The fourth-order valence-electron chi connectivity index (χ4n) is 1.19. The molecule has 6 nitrogen and oxygen atoms in total. The van der Waals surface area contributed by atoms with E-state index in [1.165, 1.54) is 6.92 Å². The zero-order chi connectivity index (χ0) is 13.5. The Morgan fingerprint density at radius 3 is 2.11 bits per heavy atom. The summed E-state index contributed by atoms with van der Waals surface area (Å²) in [5.74, 6) is 1.04. The molecule has 1 aromatic rings. The number of benzene rings is 1. The number of hydrogen-bond donors (Lipinski definition) is 3. The first-order valence-electron chi connectivity index (χ1n) is 5.12. The van der Waals surface area contributed by atoms with Gasteiger partial charge in [0.1, 0.15) is 11.5 Å². The van der Waals surface area contributed by atoms with E-state index >= 15 is 0 Å². The maximum absolute atomic E-state index is 10.7. The molecule has 1 amide bonds. The topological polar surface area (TPSA) is 71.6 Å². The quantitative estimate of drug-likeness (QED) is 0.562. The highest BCUT2D eigenvalue weighted by molar-refractivity contribution is 7.80. The molecule has 0 heterocycles. The summed E-state index contributed by atoms with van der Waals surface area (Å²) in [5.41, 5.74) is 5.60. The second-order valence-corrected chi connectivity index (χ2v) is 3.77. The molecule has 0 atom stereocenters. The lowest BCUT2D eigenvalue weighted by molar-refractivity contribution is -0.119. The standard InChI is InChI=1S/C11H15N3O3S/c1-7(15)13-14-11(18)12-8-4-9(16-2)6-10(5-8)17-3/h4-6H,1-3H3,(H,13,15)(H2,12,14,18). The molecule has 0 fully saturated rings. The molecule has 7 heteroatoms. The monoisotopic (exact) mass is 269 g/mol. The number of methoxy groups -OCH3 is 2. The average Bonchev–Trinajstić information content (AvgIpc) is 2.35. The fourth-order valence-corrected chi connectivity index (χ4v) is 1.36. The molecule has 1 rings (SSSR count). The Morgan fingerprint density at radius 2 is 1.67 bits per heavy atom. The molecule has 1 aromatic carbocycles. The van der Waals surface area contributed by atoms with Crippen LogP contribution in [0.25, 0.3) is 0 Å². The minimum absolute atomic E-state index is 0.234. The maximum atomic E-state index is 10.7. The molecule has 0 radical (unpaired) electrons. The van der Waals surface area contributed by atoms with E-state index in [4.69, 9.17) is 21.7 Å². The van der Waals surface area contributed by atoms with Gasteiger partial charge in [0, 0.05) is 30.8 Å². The van der Waals surface area contributed by atoms with Crippen molar-refractivity contribution in [3.05, 3.63) is 18.2 Å². The summed E-state index contributed by atoms with van der Waals surface area (Å²) in [5, 5.41) is 3.16. The van der Waals surface area contributed by atoms with Crippen LogP contribution in [0.15, 0.2) is 18.2 Å². The molecular weight excluding hydrogens is 254 g/mol. The van der Waals surface area contributed by atoms with Crippen molar-refractivity contribution in [3.63, 3.8) is 0 Å². The SMILES string of the molecule is COc1cc(NC(=S)NNC(C)=O)cc(OC)c1. The summed E-state index contributed by atoms with van der Waals surface area (Å²) < 4.78 is 10.2. The lowest BCUT2D eigenvalue weighted by Gasteiger charge is -2.12. The van der Waals surface area contributed by atoms with Crippen LogP contribution in [0.2, 0.25) is 0 Å². The van der Waals surface area contributed by atoms with Crippen molar-refractivity contribution in [1.82, 2.24) is 10.9 Å². The van der Waals surface area contributed by atoms with Gasteiger partial charge in [0.25, 0.3) is 0 Å². The second kappa shape index (κ2) is 6.65. The molecule has 0 saturated carbocycles. The first kappa shape index (κ1) is 14.0. The first-order chi connectivity index (χ1) is 8.55. The van der Waals surface area contributed by atoms with Gasteiger partial charge in [-0.3, -0.25) is 15.6 Å². The van der Waals surface area contributed by atoms with Gasteiger partial charge in [-0.2, -0.15) is 0 Å². The van der Waals surface area contributed by atoms with E-state index in [9.17, 15) is 4.79 Å². The minimum atomic E-state index is -0.234. The molecule has 98 valence electrons. The third kappa shape index (κ3) is 4.46. The predicted molar refractivity (Wildman–Crippen MR) is 72.7 cm³/mol. The number of amides is 1. The van der Waals surface area contributed by atoms with E-state index in [0.29, 0.717) is 17.2 Å². The highest BCUT2D eigenvalue weighted by Gasteiger charge is 2.03. The van der Waals surface area contributed by atoms with Gasteiger partial charge < -0.3 is 14.8 Å². The van der Waals surface area contributed by atoms with Crippen LogP contribution in [0, 0.1) is 0 Å². The smallest absolute Gasteiger partial charge is 0.235 e. The summed E-state index contributed by atoms with van der Waals surface area (Å²) in [6, 6.07) is 5.25. The second-order valence-electron chi connectivity index (χ2n) is 3.36. The van der Waals surface area contributed by atoms with Crippen LogP contribution in [0.4, 0.5) is 5.69 Å². The van der Waals surface area contributed by atoms with Gasteiger partial charge in [0.15, 0.2) is 5.11 Å². The number of ether oxygens (including phenoxy) is 2. The van der Waals surface area contributed by atoms with E-state index in [1.54, 1.807) is 32.4 Å². The summed E-state index contributed by atoms with van der Waals surface area (Å²) in [6.45, 7) is 1.38. The number of thiocarbonyl (C=S) groups is 1. The molecule has 0 spiro atoms. The minimum Gasteiger partial charge on any atom is -0.497 e. The van der Waals surface area contributed by atoms with Crippen molar-refractivity contribution in [3.8, 4) is 11.5 Å². The Kier molecular flexibility index (Phi) is 5.19. The van der Waals surface area contributed by atoms with E-state index in [0.717, 1.165) is 0 Å². The van der Waals surface area contributed by atoms with Crippen LogP contribution in [-0.4, -0.2) is 25.2 Å². The van der Waals surface area contributed by atoms with E-state index in [-0.39, 0.29) is 11.0 Å². The molecule has 0 aliphatic rings. The van der Waals surface area contributed by atoms with E-state index in [1.807, 2.05) is 0 Å². The Hall–Kier alpha value is -2.02. The van der Waals surface area contributed by atoms with Crippen LogP contribution < -0.4 is 25.6 Å². The molecule has 0 aliphatic carbocycles. The maximum Gasteiger partial charge on any atom is 0.235 e. The zero-order valence-electron chi connectivity index (χ0n) is 10.4. The number of anilines is 1. The molecule has 3 N–H and O–H groups in total. The van der Waals surface area contributed by atoms with Crippen molar-refractivity contribution < 1.29 is 14.3 Å². The highest BCUT2D eigenvalue weighted by atomic mass is 32.1. The van der Waals surface area contributed by atoms with Gasteiger partial charge in [-0.15, -0.1) is 0 Å². The lowest BCUT2D eigenvalue weighted by Crippen LogP contribution is -2.42. The Balaban J connectivity index is 2.71. The van der Waals surface area contributed by atoms with Crippen molar-refractivity contribution >= 4 is 28.9 Å². The van der Waals surface area contributed by atoms with Crippen molar-refractivity contribution in [1.29, 1.82) is 0 Å². The number of nitrogens with one attached hydrogen (secondary N) is 3. The summed E-state index contributed by atoms with van der Waals surface area (Å²) >= 11 is 4.99. The number of rotatable bonds is 3. The highest BCUT2D eigenvalue weighted by Crippen LogP contribution is 2.25. The van der Waals surface area contributed by atoms with Crippen LogP contribution in [0.3, 0.4) is 0 Å². The molecule has 18 heavy (non-hydrogen) atoms. The van der Waals surface area contributed by atoms with Crippen molar-refractivity contribution in [2.75, 3.05) is 19.5 Å². The summed E-state index contributed by atoms with van der Waals surface area (Å²) in [7, 11) is 3.12. The zero-order valence-corrected chi connectivity index (χ0v) is 11.2. The van der Waals surface area contributed by atoms with Gasteiger partial charge in [-0.1, -0.05) is 0 Å². The van der Waals surface area contributed by atoms with Crippen LogP contribution in [-0.2, 0) is 4.79 Å². The van der Waals surface area contributed by atoms with Gasteiger partial charge in [0.05, 0.1) is 14.2 Å². The Bertz CT molecular complexity index is 429. The molecule has 0 bridgehead atoms. The van der Waals surface area contributed by atoms with Crippen LogP contribution in [0.5, 0.6) is 11.5 Å². The van der Waals surface area contributed by atoms with E-state index < -0.39 is 0 Å². The normalized spacial score (nSPS) is 9.28. The number of carbonyl (C=O) groups is 1. The largest absolute Gasteiger partial charge is 0.497 e. The van der Waals surface area contributed by atoms with Gasteiger partial charge in [-0.05, 0) is 12.2 Å². The summed E-state index contributed by atoms with van der Waals surface area (Å²) in [4.78, 5) is 10.7. The van der Waals surface area contributed by atoms with Gasteiger partial charge in [0.2, 0.25) is 5.91 Å². The number of hydrazine groups is 1. The third-order valence-corrected chi connectivity index (χ3v) is 2.17. The number of hydrogen-bond acceptors (Lipinski definition) is 4. The lowest BCUT2D eigenvalue weighted by atomic mass is 10.3. The Labute approximate surface area is 111 Å².